The minimum atomic E-state index is -0.0863. The first-order valence-corrected chi connectivity index (χ1v) is 9.51. The number of benzene rings is 1. The van der Waals surface area contributed by atoms with Gasteiger partial charge in [-0.2, -0.15) is 0 Å². The number of amides is 1. The van der Waals surface area contributed by atoms with Gasteiger partial charge in [-0.1, -0.05) is 30.3 Å². The number of aromatic nitrogens is 4. The summed E-state index contributed by atoms with van der Waals surface area (Å²) in [6.45, 7) is 0. The number of nitrogens with zero attached hydrogens (tertiary/aromatic N) is 4. The minimum absolute atomic E-state index is 0.0501. The van der Waals surface area contributed by atoms with Gasteiger partial charge in [0.2, 0.25) is 0 Å². The van der Waals surface area contributed by atoms with E-state index in [0.29, 0.717) is 11.5 Å². The second kappa shape index (κ2) is 6.64. The summed E-state index contributed by atoms with van der Waals surface area (Å²) >= 11 is 0. The molecule has 6 nitrogen and oxygen atoms in total. The molecule has 1 fully saturated rings. The molecule has 28 heavy (non-hydrogen) atoms. The first kappa shape index (κ1) is 16.7. The van der Waals surface area contributed by atoms with Crippen molar-refractivity contribution < 1.29 is 4.79 Å². The number of pyridine rings is 1. The van der Waals surface area contributed by atoms with Gasteiger partial charge in [0.15, 0.2) is 0 Å². The van der Waals surface area contributed by atoms with Crippen molar-refractivity contribution >= 4 is 11.6 Å². The molecule has 0 spiro atoms. The van der Waals surface area contributed by atoms with Crippen LogP contribution in [0.4, 0.5) is 0 Å². The zero-order valence-corrected chi connectivity index (χ0v) is 15.6. The smallest absolute Gasteiger partial charge is 0.253 e. The summed E-state index contributed by atoms with van der Waals surface area (Å²) in [7, 11) is 1.96. The maximum atomic E-state index is 12.9. The second-order valence-corrected chi connectivity index (χ2v) is 7.36. The molecule has 1 aliphatic rings. The lowest BCUT2D eigenvalue weighted by atomic mass is 10.1. The molecular formula is C22H21N5O. The average molecular weight is 371 g/mol. The van der Waals surface area contributed by atoms with Crippen LogP contribution in [0.15, 0.2) is 67.3 Å². The second-order valence-electron chi connectivity index (χ2n) is 7.36. The highest BCUT2D eigenvalue weighted by Gasteiger charge is 2.35. The van der Waals surface area contributed by atoms with Crippen LogP contribution in [-0.4, -0.2) is 24.8 Å². The van der Waals surface area contributed by atoms with Crippen molar-refractivity contribution in [3.05, 3.63) is 78.6 Å². The Balaban J connectivity index is 1.42. The third-order valence-electron chi connectivity index (χ3n) is 5.30. The molecule has 3 aromatic heterocycles. The number of carbonyl (C=O) groups is 1. The van der Waals surface area contributed by atoms with Crippen LogP contribution < -0.4 is 5.32 Å². The molecule has 1 atom stereocenters. The fourth-order valence-electron chi connectivity index (χ4n) is 3.60. The van der Waals surface area contributed by atoms with Crippen molar-refractivity contribution in [3.63, 3.8) is 0 Å². The van der Waals surface area contributed by atoms with Gasteiger partial charge in [0, 0.05) is 37.4 Å². The molecule has 3 heterocycles. The number of fused-ring (bicyclic) bond motifs is 1. The summed E-state index contributed by atoms with van der Waals surface area (Å²) in [5.74, 6) is 1.29. The van der Waals surface area contributed by atoms with Crippen LogP contribution in [0.25, 0.3) is 16.9 Å². The van der Waals surface area contributed by atoms with Gasteiger partial charge >= 0.3 is 0 Å². The van der Waals surface area contributed by atoms with E-state index in [1.807, 2.05) is 77.1 Å². The van der Waals surface area contributed by atoms with Crippen LogP contribution in [0.3, 0.4) is 0 Å². The molecule has 1 aromatic carbocycles. The molecular weight excluding hydrogens is 350 g/mol. The van der Waals surface area contributed by atoms with E-state index in [4.69, 9.17) is 0 Å². The average Bonchev–Trinajstić information content (AvgIpc) is 3.33. The van der Waals surface area contributed by atoms with Crippen molar-refractivity contribution in [1.82, 2.24) is 24.3 Å². The Hall–Kier alpha value is -3.41. The van der Waals surface area contributed by atoms with E-state index < -0.39 is 0 Å². The van der Waals surface area contributed by atoms with E-state index in [9.17, 15) is 4.79 Å². The zero-order valence-electron chi connectivity index (χ0n) is 15.6. The van der Waals surface area contributed by atoms with E-state index in [0.717, 1.165) is 35.6 Å². The summed E-state index contributed by atoms with van der Waals surface area (Å²) < 4.78 is 3.89. The Labute approximate surface area is 162 Å². The molecule has 0 aliphatic heterocycles. The molecule has 6 heteroatoms. The van der Waals surface area contributed by atoms with Gasteiger partial charge in [-0.05, 0) is 30.9 Å². The lowest BCUT2D eigenvalue weighted by Gasteiger charge is -2.18. The van der Waals surface area contributed by atoms with Crippen LogP contribution in [0.5, 0.6) is 0 Å². The van der Waals surface area contributed by atoms with Gasteiger partial charge in [-0.25, -0.2) is 9.97 Å². The molecule has 0 bridgehead atoms. The first-order valence-electron chi connectivity index (χ1n) is 9.51. The Kier molecular flexibility index (Phi) is 3.97. The van der Waals surface area contributed by atoms with E-state index in [1.165, 1.54) is 0 Å². The largest absolute Gasteiger partial charge is 0.342 e. The third kappa shape index (κ3) is 3.07. The Morgan fingerprint density at radius 2 is 1.96 bits per heavy atom. The quantitative estimate of drug-likeness (QED) is 0.583. The number of aryl methyl sites for hydroxylation is 1. The standard InChI is InChI=1S/C22H21N5O/c1-26-12-11-23-21(26)20(16-7-8-16)25-22(28)17-9-10-19-24-18(14-27(19)13-17)15-5-3-2-4-6-15/h2-6,9-14,16,20H,7-8H2,1H3,(H,25,28). The number of hydrogen-bond donors (Lipinski definition) is 1. The van der Waals surface area contributed by atoms with E-state index in [1.54, 1.807) is 6.20 Å². The van der Waals surface area contributed by atoms with Crippen molar-refractivity contribution in [1.29, 1.82) is 0 Å². The van der Waals surface area contributed by atoms with Gasteiger partial charge < -0.3 is 14.3 Å². The highest BCUT2D eigenvalue weighted by molar-refractivity contribution is 5.94. The first-order chi connectivity index (χ1) is 13.7. The molecule has 4 aromatic rings. The monoisotopic (exact) mass is 371 g/mol. The van der Waals surface area contributed by atoms with E-state index >= 15 is 0 Å². The Morgan fingerprint density at radius 1 is 1.14 bits per heavy atom. The highest BCUT2D eigenvalue weighted by Crippen LogP contribution is 2.40. The predicted molar refractivity (Wildman–Crippen MR) is 107 cm³/mol. The molecule has 1 unspecified atom stereocenters. The summed E-state index contributed by atoms with van der Waals surface area (Å²) in [5, 5.41) is 3.19. The van der Waals surface area contributed by atoms with Crippen LogP contribution in [0, 0.1) is 5.92 Å². The number of hydrogen-bond acceptors (Lipinski definition) is 3. The molecule has 1 N–H and O–H groups in total. The van der Waals surface area contributed by atoms with Gasteiger partial charge in [0.25, 0.3) is 5.91 Å². The minimum Gasteiger partial charge on any atom is -0.342 e. The number of imidazole rings is 2. The van der Waals surface area contributed by atoms with Gasteiger partial charge in [0.05, 0.1) is 17.3 Å². The maximum Gasteiger partial charge on any atom is 0.253 e. The Bertz CT molecular complexity index is 1140. The van der Waals surface area contributed by atoms with Crippen molar-refractivity contribution in [2.45, 2.75) is 18.9 Å². The van der Waals surface area contributed by atoms with Gasteiger partial charge in [0.1, 0.15) is 11.5 Å². The van der Waals surface area contributed by atoms with E-state index in [-0.39, 0.29) is 11.9 Å². The summed E-state index contributed by atoms with van der Waals surface area (Å²) in [6, 6.07) is 13.7. The summed E-state index contributed by atoms with van der Waals surface area (Å²) in [6.07, 6.45) is 9.74. The topological polar surface area (TPSA) is 64.2 Å². The number of rotatable bonds is 5. The molecule has 5 rings (SSSR count). The van der Waals surface area contributed by atoms with Crippen LogP contribution in [0.1, 0.15) is 35.1 Å². The number of carbonyl (C=O) groups excluding carboxylic acids is 1. The maximum absolute atomic E-state index is 12.9. The van der Waals surface area contributed by atoms with Crippen molar-refractivity contribution in [3.8, 4) is 11.3 Å². The van der Waals surface area contributed by atoms with Crippen LogP contribution in [-0.2, 0) is 7.05 Å². The zero-order chi connectivity index (χ0) is 19.1. The summed E-state index contributed by atoms with van der Waals surface area (Å²) in [5.41, 5.74) is 3.38. The fraction of sp³-hybridized carbons (Fsp3) is 0.227. The predicted octanol–water partition coefficient (Wildman–Crippen LogP) is 3.62. The van der Waals surface area contributed by atoms with Gasteiger partial charge in [-0.3, -0.25) is 4.79 Å². The summed E-state index contributed by atoms with van der Waals surface area (Å²) in [4.78, 5) is 22.0. The molecule has 140 valence electrons. The SMILES string of the molecule is Cn1ccnc1C(NC(=O)c1ccc2nc(-c3ccccc3)cn2c1)C1CC1. The normalized spacial score (nSPS) is 14.9. The van der Waals surface area contributed by atoms with E-state index in [2.05, 4.69) is 15.3 Å². The van der Waals surface area contributed by atoms with Crippen molar-refractivity contribution in [2.75, 3.05) is 0 Å². The molecule has 0 saturated heterocycles. The highest BCUT2D eigenvalue weighted by atomic mass is 16.1. The van der Waals surface area contributed by atoms with Crippen LogP contribution in [0.2, 0.25) is 0 Å². The lowest BCUT2D eigenvalue weighted by molar-refractivity contribution is 0.0928. The molecule has 1 saturated carbocycles. The van der Waals surface area contributed by atoms with Crippen LogP contribution >= 0.6 is 0 Å². The lowest BCUT2D eigenvalue weighted by Crippen LogP contribution is -2.31. The molecule has 1 aliphatic carbocycles. The molecule has 0 radical (unpaired) electrons. The fourth-order valence-corrected chi connectivity index (χ4v) is 3.60. The third-order valence-corrected chi connectivity index (χ3v) is 5.30. The van der Waals surface area contributed by atoms with Crippen molar-refractivity contribution in [2.24, 2.45) is 13.0 Å². The number of nitrogens with one attached hydrogen (secondary N) is 1. The molecule has 1 amide bonds. The Morgan fingerprint density at radius 3 is 2.68 bits per heavy atom. The van der Waals surface area contributed by atoms with Gasteiger partial charge in [-0.15, -0.1) is 0 Å².